The van der Waals surface area contributed by atoms with Crippen LogP contribution in [0.25, 0.3) is 11.1 Å². The molecule has 22 heavy (non-hydrogen) atoms. The molecule has 0 saturated heterocycles. The molecule has 1 aliphatic carbocycles. The van der Waals surface area contributed by atoms with E-state index in [4.69, 9.17) is 5.73 Å². The van der Waals surface area contributed by atoms with Gasteiger partial charge in [-0.25, -0.2) is 0 Å². The molecule has 2 nitrogen and oxygen atoms in total. The highest BCUT2D eigenvalue weighted by molar-refractivity contribution is 5.66. The monoisotopic (exact) mass is 294 g/mol. The van der Waals surface area contributed by atoms with Crippen molar-refractivity contribution in [2.24, 2.45) is 5.73 Å². The number of nitrogens with two attached hydrogens (primary N) is 1. The standard InChI is InChI=1S/C20H26N2/c1-22-20-12-9-16(10-13-20)18-6-2-5-17(14-18)15-4-3-7-19(21)11-8-15/h2,5-6,9-10,12-15,19,22H,3-4,7-8,11,21H2,1H3. The normalized spacial score (nSPS) is 22.1. The van der Waals surface area contributed by atoms with Crippen LogP contribution in [0.2, 0.25) is 0 Å². The first-order valence-electron chi connectivity index (χ1n) is 8.40. The van der Waals surface area contributed by atoms with Gasteiger partial charge in [-0.05, 0) is 60.4 Å². The molecule has 1 aliphatic rings. The van der Waals surface area contributed by atoms with Crippen LogP contribution >= 0.6 is 0 Å². The molecule has 0 aliphatic heterocycles. The van der Waals surface area contributed by atoms with Crippen LogP contribution in [0.5, 0.6) is 0 Å². The summed E-state index contributed by atoms with van der Waals surface area (Å²) < 4.78 is 0. The first-order valence-corrected chi connectivity index (χ1v) is 8.40. The average Bonchev–Trinajstić information content (AvgIpc) is 2.80. The van der Waals surface area contributed by atoms with E-state index in [-0.39, 0.29) is 0 Å². The van der Waals surface area contributed by atoms with Crippen molar-refractivity contribution in [3.05, 3.63) is 54.1 Å². The minimum atomic E-state index is 0.405. The zero-order chi connectivity index (χ0) is 15.4. The van der Waals surface area contributed by atoms with E-state index in [1.807, 2.05) is 7.05 Å². The lowest BCUT2D eigenvalue weighted by molar-refractivity contribution is 0.568. The lowest BCUT2D eigenvalue weighted by Crippen LogP contribution is -2.17. The van der Waals surface area contributed by atoms with Gasteiger partial charge in [0.25, 0.3) is 0 Å². The van der Waals surface area contributed by atoms with Crippen molar-refractivity contribution in [2.45, 2.75) is 44.1 Å². The van der Waals surface area contributed by atoms with Gasteiger partial charge in [-0.3, -0.25) is 0 Å². The number of nitrogens with one attached hydrogen (secondary N) is 1. The molecule has 2 unspecified atom stereocenters. The predicted octanol–water partition coefficient (Wildman–Crippen LogP) is 4.77. The molecule has 2 heteroatoms. The fourth-order valence-corrected chi connectivity index (χ4v) is 3.47. The van der Waals surface area contributed by atoms with Crippen molar-refractivity contribution in [3.8, 4) is 11.1 Å². The Kier molecular flexibility index (Phi) is 4.79. The van der Waals surface area contributed by atoms with Crippen molar-refractivity contribution in [1.82, 2.24) is 0 Å². The van der Waals surface area contributed by atoms with Gasteiger partial charge in [-0.2, -0.15) is 0 Å². The summed E-state index contributed by atoms with van der Waals surface area (Å²) in [6.07, 6.45) is 6.10. The minimum absolute atomic E-state index is 0.405. The summed E-state index contributed by atoms with van der Waals surface area (Å²) in [5.41, 5.74) is 11.3. The Labute approximate surface area is 133 Å². The quantitative estimate of drug-likeness (QED) is 0.800. The van der Waals surface area contributed by atoms with Gasteiger partial charge in [0.2, 0.25) is 0 Å². The first kappa shape index (κ1) is 15.1. The number of rotatable bonds is 3. The second-order valence-electron chi connectivity index (χ2n) is 6.42. The Balaban J connectivity index is 1.82. The largest absolute Gasteiger partial charge is 0.388 e. The second-order valence-corrected chi connectivity index (χ2v) is 6.42. The maximum Gasteiger partial charge on any atom is 0.0337 e. The van der Waals surface area contributed by atoms with E-state index in [0.717, 1.165) is 12.1 Å². The molecular weight excluding hydrogens is 268 g/mol. The van der Waals surface area contributed by atoms with Gasteiger partial charge in [-0.15, -0.1) is 0 Å². The Hall–Kier alpha value is -1.80. The van der Waals surface area contributed by atoms with Crippen LogP contribution in [0.15, 0.2) is 48.5 Å². The van der Waals surface area contributed by atoms with E-state index in [2.05, 4.69) is 53.8 Å². The number of hydrogen-bond donors (Lipinski definition) is 2. The molecule has 2 aromatic rings. The zero-order valence-corrected chi connectivity index (χ0v) is 13.4. The molecule has 1 fully saturated rings. The van der Waals surface area contributed by atoms with Gasteiger partial charge < -0.3 is 11.1 Å². The molecule has 0 bridgehead atoms. The van der Waals surface area contributed by atoms with Gasteiger partial charge in [0, 0.05) is 18.8 Å². The van der Waals surface area contributed by atoms with Crippen molar-refractivity contribution >= 4 is 5.69 Å². The molecule has 3 rings (SSSR count). The van der Waals surface area contributed by atoms with Gasteiger partial charge in [0.05, 0.1) is 0 Å². The smallest absolute Gasteiger partial charge is 0.0337 e. The van der Waals surface area contributed by atoms with Crippen LogP contribution in [-0.4, -0.2) is 13.1 Å². The van der Waals surface area contributed by atoms with Crippen molar-refractivity contribution in [3.63, 3.8) is 0 Å². The van der Waals surface area contributed by atoms with E-state index < -0.39 is 0 Å². The maximum atomic E-state index is 6.12. The summed E-state index contributed by atoms with van der Waals surface area (Å²) in [5.74, 6) is 0.671. The second kappa shape index (κ2) is 6.97. The van der Waals surface area contributed by atoms with E-state index in [0.29, 0.717) is 12.0 Å². The highest BCUT2D eigenvalue weighted by atomic mass is 14.8. The van der Waals surface area contributed by atoms with E-state index >= 15 is 0 Å². The SMILES string of the molecule is CNc1ccc(-c2cccc(C3CCCC(N)CC3)c2)cc1. The fraction of sp³-hybridized carbons (Fsp3) is 0.400. The summed E-state index contributed by atoms with van der Waals surface area (Å²) in [7, 11) is 1.95. The molecule has 0 amide bonds. The van der Waals surface area contributed by atoms with Crippen LogP contribution in [0.3, 0.4) is 0 Å². The van der Waals surface area contributed by atoms with Crippen molar-refractivity contribution < 1.29 is 0 Å². The Bertz CT molecular complexity index is 603. The van der Waals surface area contributed by atoms with E-state index in [9.17, 15) is 0 Å². The van der Waals surface area contributed by atoms with Crippen LogP contribution < -0.4 is 11.1 Å². The highest BCUT2D eigenvalue weighted by Gasteiger charge is 2.18. The molecule has 0 spiro atoms. The third-order valence-electron chi connectivity index (χ3n) is 4.88. The zero-order valence-electron chi connectivity index (χ0n) is 13.4. The molecule has 2 atom stereocenters. The summed E-state index contributed by atoms with van der Waals surface area (Å²) >= 11 is 0. The Morgan fingerprint density at radius 1 is 0.909 bits per heavy atom. The van der Waals surface area contributed by atoms with E-state index in [1.54, 1.807) is 0 Å². The topological polar surface area (TPSA) is 38.0 Å². The summed E-state index contributed by atoms with van der Waals surface area (Å²) in [6.45, 7) is 0. The van der Waals surface area contributed by atoms with Gasteiger partial charge in [0.15, 0.2) is 0 Å². The molecule has 0 aromatic heterocycles. The lowest BCUT2D eigenvalue weighted by Gasteiger charge is -2.16. The van der Waals surface area contributed by atoms with Crippen LogP contribution in [0.4, 0.5) is 5.69 Å². The van der Waals surface area contributed by atoms with Crippen molar-refractivity contribution in [1.29, 1.82) is 0 Å². The van der Waals surface area contributed by atoms with Crippen LogP contribution in [-0.2, 0) is 0 Å². The summed E-state index contributed by atoms with van der Waals surface area (Å²) in [6, 6.07) is 18.1. The number of hydrogen-bond acceptors (Lipinski definition) is 2. The number of benzene rings is 2. The molecule has 116 valence electrons. The maximum absolute atomic E-state index is 6.12. The predicted molar refractivity (Wildman–Crippen MR) is 95.2 cm³/mol. The molecule has 1 saturated carbocycles. The molecule has 3 N–H and O–H groups in total. The van der Waals surface area contributed by atoms with E-state index in [1.165, 1.54) is 42.4 Å². The highest BCUT2D eigenvalue weighted by Crippen LogP contribution is 2.33. The molecular formula is C20H26N2. The Morgan fingerprint density at radius 2 is 1.73 bits per heavy atom. The van der Waals surface area contributed by atoms with Crippen LogP contribution in [0, 0.1) is 0 Å². The van der Waals surface area contributed by atoms with Gasteiger partial charge in [0.1, 0.15) is 0 Å². The lowest BCUT2D eigenvalue weighted by atomic mass is 9.89. The third-order valence-corrected chi connectivity index (χ3v) is 4.88. The molecule has 0 heterocycles. The van der Waals surface area contributed by atoms with Gasteiger partial charge in [-0.1, -0.05) is 42.8 Å². The molecule has 0 radical (unpaired) electrons. The average molecular weight is 294 g/mol. The summed E-state index contributed by atoms with van der Waals surface area (Å²) in [4.78, 5) is 0. The first-order chi connectivity index (χ1) is 10.8. The summed E-state index contributed by atoms with van der Waals surface area (Å²) in [5, 5.41) is 3.17. The Morgan fingerprint density at radius 3 is 2.50 bits per heavy atom. The molecule has 2 aromatic carbocycles. The third kappa shape index (κ3) is 3.50. The minimum Gasteiger partial charge on any atom is -0.388 e. The van der Waals surface area contributed by atoms with Gasteiger partial charge >= 0.3 is 0 Å². The fourth-order valence-electron chi connectivity index (χ4n) is 3.47. The van der Waals surface area contributed by atoms with Crippen LogP contribution in [0.1, 0.15) is 43.6 Å². The van der Waals surface area contributed by atoms with Crippen molar-refractivity contribution in [2.75, 3.05) is 12.4 Å². The number of anilines is 1.